The van der Waals surface area contributed by atoms with Gasteiger partial charge in [-0.3, -0.25) is 0 Å². The second-order valence-electron chi connectivity index (χ2n) is 1.15. The van der Waals surface area contributed by atoms with Crippen LogP contribution in [0.3, 0.4) is 0 Å². The molecule has 3 heteroatoms. The van der Waals surface area contributed by atoms with Crippen molar-refractivity contribution in [1.82, 2.24) is 0 Å². The van der Waals surface area contributed by atoms with Gasteiger partial charge in [0.15, 0.2) is 0 Å². The number of nitrogens with zero attached hydrogens (tertiary/aromatic N) is 1. The molecular weight excluding hydrogens is 270 g/mol. The molecule has 0 aliphatic heterocycles. The third-order valence-electron chi connectivity index (χ3n) is 0.354. The second-order valence-corrected chi connectivity index (χ2v) is 2.57. The van der Waals surface area contributed by atoms with Crippen molar-refractivity contribution in [3.05, 3.63) is 5.32 Å². The number of hydrogen-bond acceptors (Lipinski definition) is 0. The van der Waals surface area contributed by atoms with Crippen LogP contribution in [0.25, 0.3) is 5.32 Å². The maximum Gasteiger partial charge on any atom is 0 e. The van der Waals surface area contributed by atoms with Gasteiger partial charge in [-0.2, -0.15) is 14.1 Å². The Kier molecular flexibility index (Phi) is 47.8. The monoisotopic (exact) mass is 285 g/mol. The van der Waals surface area contributed by atoms with E-state index in [0.717, 1.165) is 8.58 Å². The Balaban J connectivity index is -0.0000000575. The molecule has 0 fully saturated rings. The Labute approximate surface area is 84.8 Å². The van der Waals surface area contributed by atoms with Crippen LogP contribution >= 0.6 is 8.58 Å². The molecule has 0 aliphatic rings. The van der Waals surface area contributed by atoms with Crippen LogP contribution in [0.2, 0.25) is 0 Å². The van der Waals surface area contributed by atoms with Crippen molar-refractivity contribution in [3.8, 4) is 0 Å². The SMILES string of the molecule is CCPC.C[N-]C.[Ho]. The third-order valence-corrected chi connectivity index (χ3v) is 1.06. The Morgan fingerprint density at radius 3 is 1.50 bits per heavy atom. The van der Waals surface area contributed by atoms with Crippen LogP contribution in [0.4, 0.5) is 0 Å². The van der Waals surface area contributed by atoms with E-state index in [0.29, 0.717) is 0 Å². The predicted molar refractivity (Wildman–Crippen MR) is 40.0 cm³/mol. The average Bonchev–Trinajstić information content (AvgIpc) is 1.69. The zero-order valence-corrected chi connectivity index (χ0v) is 8.89. The van der Waals surface area contributed by atoms with E-state index in [2.05, 4.69) is 18.9 Å². The van der Waals surface area contributed by atoms with Crippen LogP contribution in [-0.4, -0.2) is 26.9 Å². The van der Waals surface area contributed by atoms with E-state index in [9.17, 15) is 0 Å². The minimum absolute atomic E-state index is 0. The average molecular weight is 285 g/mol. The fourth-order valence-corrected chi connectivity index (χ4v) is 0. The molecule has 0 bridgehead atoms. The summed E-state index contributed by atoms with van der Waals surface area (Å²) >= 11 is 0. The van der Waals surface area contributed by atoms with Gasteiger partial charge in [0.25, 0.3) is 0 Å². The van der Waals surface area contributed by atoms with Crippen molar-refractivity contribution in [1.29, 1.82) is 0 Å². The van der Waals surface area contributed by atoms with Crippen LogP contribution in [0, 0.1) is 37.7 Å². The smallest absolute Gasteiger partial charge is 0 e. The quantitative estimate of drug-likeness (QED) is 0.516. The molecule has 0 aromatic carbocycles. The summed E-state index contributed by atoms with van der Waals surface area (Å²) in [5, 5.41) is 3.50. The first-order chi connectivity index (χ1) is 3.33. The molecule has 0 aromatic heterocycles. The molecule has 0 saturated heterocycles. The largest absolute Gasteiger partial charge is 0.668 e. The van der Waals surface area contributed by atoms with Gasteiger partial charge in [0.05, 0.1) is 0 Å². The Hall–Kier alpha value is 1.65. The minimum atomic E-state index is 0. The molecule has 1 nitrogen and oxygen atoms in total. The molecule has 0 heterocycles. The Morgan fingerprint density at radius 1 is 1.38 bits per heavy atom. The summed E-state index contributed by atoms with van der Waals surface area (Å²) in [7, 11) is 4.64. The summed E-state index contributed by atoms with van der Waals surface area (Å²) in [4.78, 5) is 0. The third kappa shape index (κ3) is 48.2. The van der Waals surface area contributed by atoms with Crippen LogP contribution in [0.5, 0.6) is 0 Å². The maximum atomic E-state index is 3.50. The van der Waals surface area contributed by atoms with Gasteiger partial charge in [-0.25, -0.2) is 0 Å². The van der Waals surface area contributed by atoms with Crippen LogP contribution in [-0.2, 0) is 0 Å². The van der Waals surface area contributed by atoms with Crippen LogP contribution in [0.1, 0.15) is 6.92 Å². The van der Waals surface area contributed by atoms with Gasteiger partial charge >= 0.3 is 0 Å². The summed E-state index contributed by atoms with van der Waals surface area (Å²) < 4.78 is 0. The Morgan fingerprint density at radius 2 is 1.50 bits per heavy atom. The van der Waals surface area contributed by atoms with Gasteiger partial charge in [0.2, 0.25) is 0 Å². The predicted octanol–water partition coefficient (Wildman–Crippen LogP) is 1.93. The molecule has 1 atom stereocenters. The van der Waals surface area contributed by atoms with Gasteiger partial charge in [0, 0.05) is 37.7 Å². The molecule has 0 N–H and O–H groups in total. The first-order valence-corrected chi connectivity index (χ1v) is 4.16. The molecular formula is C5H15HoNP-. The van der Waals surface area contributed by atoms with E-state index in [1.54, 1.807) is 14.1 Å². The second kappa shape index (κ2) is 23.4. The van der Waals surface area contributed by atoms with Gasteiger partial charge in [-0.05, 0) is 12.8 Å². The molecule has 0 spiro atoms. The molecule has 0 aliphatic carbocycles. The summed E-state index contributed by atoms with van der Waals surface area (Å²) in [6.45, 7) is 4.40. The first-order valence-electron chi connectivity index (χ1n) is 2.46. The van der Waals surface area contributed by atoms with Crippen LogP contribution < -0.4 is 0 Å². The van der Waals surface area contributed by atoms with Gasteiger partial charge in [0.1, 0.15) is 0 Å². The number of rotatable bonds is 1. The summed E-state index contributed by atoms with van der Waals surface area (Å²) in [5.41, 5.74) is 0. The van der Waals surface area contributed by atoms with Crippen molar-refractivity contribution in [2.24, 2.45) is 0 Å². The van der Waals surface area contributed by atoms with E-state index in [1.807, 2.05) is 0 Å². The maximum absolute atomic E-state index is 3.50. The van der Waals surface area contributed by atoms with Gasteiger partial charge < -0.3 is 5.32 Å². The standard InChI is InChI=1S/C3H9P.C2H6N.Ho/c1-3-4-2;1-3-2;/h4H,3H2,1-2H3;1-2H3;/q;-1;. The molecule has 0 amide bonds. The summed E-state index contributed by atoms with van der Waals surface area (Å²) in [5.74, 6) is 0. The molecule has 0 saturated carbocycles. The van der Waals surface area contributed by atoms with E-state index in [1.165, 1.54) is 6.16 Å². The normalized spacial score (nSPS) is 7.50. The summed E-state index contributed by atoms with van der Waals surface area (Å²) in [6, 6.07) is 0. The topological polar surface area (TPSA) is 14.1 Å². The molecule has 57 valence electrons. The zero-order valence-electron chi connectivity index (χ0n) is 5.96. The molecule has 1 unspecified atom stereocenters. The van der Waals surface area contributed by atoms with E-state index < -0.39 is 0 Å². The number of hydrogen-bond donors (Lipinski definition) is 0. The molecule has 0 rings (SSSR count). The summed E-state index contributed by atoms with van der Waals surface area (Å²) in [6.07, 6.45) is 1.35. The molecule has 0 aromatic rings. The molecule has 8 heavy (non-hydrogen) atoms. The first kappa shape index (κ1) is 16.3. The fourth-order valence-electron chi connectivity index (χ4n) is 0. The van der Waals surface area contributed by atoms with E-state index in [-0.39, 0.29) is 37.7 Å². The van der Waals surface area contributed by atoms with Crippen LogP contribution in [0.15, 0.2) is 0 Å². The van der Waals surface area contributed by atoms with Crippen molar-refractivity contribution in [2.45, 2.75) is 6.92 Å². The van der Waals surface area contributed by atoms with E-state index >= 15 is 0 Å². The fraction of sp³-hybridized carbons (Fsp3) is 1.00. The van der Waals surface area contributed by atoms with Crippen molar-refractivity contribution < 1.29 is 37.7 Å². The molecule has 1 radical (unpaired) electrons. The van der Waals surface area contributed by atoms with E-state index in [4.69, 9.17) is 0 Å². The minimum Gasteiger partial charge on any atom is -0.668 e. The van der Waals surface area contributed by atoms with Gasteiger partial charge in [-0.1, -0.05) is 6.92 Å². The van der Waals surface area contributed by atoms with Crippen molar-refractivity contribution in [3.63, 3.8) is 0 Å². The van der Waals surface area contributed by atoms with Crippen molar-refractivity contribution >= 4 is 8.58 Å². The Bertz CT molecular complexity index is 19.9. The zero-order chi connectivity index (χ0) is 6.12. The van der Waals surface area contributed by atoms with Crippen molar-refractivity contribution in [2.75, 3.05) is 26.9 Å². The van der Waals surface area contributed by atoms with Gasteiger partial charge in [-0.15, -0.1) is 8.58 Å².